The minimum atomic E-state index is -4.47. The summed E-state index contributed by atoms with van der Waals surface area (Å²) in [6.45, 7) is 0. The quantitative estimate of drug-likeness (QED) is 0.785. The molecular formula is C9H7F3N4. The number of hydrogen-bond acceptors (Lipinski definition) is 3. The maximum absolute atomic E-state index is 12.7. The van der Waals surface area contributed by atoms with Crippen molar-refractivity contribution >= 4 is 5.69 Å². The number of pyridine rings is 1. The van der Waals surface area contributed by atoms with E-state index in [1.807, 2.05) is 0 Å². The third-order valence-electron chi connectivity index (χ3n) is 2.02. The number of halogens is 3. The molecule has 7 heteroatoms. The van der Waals surface area contributed by atoms with Crippen LogP contribution in [-0.2, 0) is 6.18 Å². The highest BCUT2D eigenvalue weighted by Crippen LogP contribution is 2.36. The monoisotopic (exact) mass is 228 g/mol. The summed E-state index contributed by atoms with van der Waals surface area (Å²) in [5.74, 6) is 0. The Balaban J connectivity index is 2.62. The average molecular weight is 228 g/mol. The molecule has 2 rings (SSSR count). The van der Waals surface area contributed by atoms with Gasteiger partial charge in [-0.3, -0.25) is 10.1 Å². The Morgan fingerprint density at radius 2 is 2.06 bits per heavy atom. The number of nitrogens with two attached hydrogens (primary N) is 1. The van der Waals surface area contributed by atoms with E-state index in [0.717, 1.165) is 6.07 Å². The summed E-state index contributed by atoms with van der Waals surface area (Å²) in [5, 5.41) is 5.96. The molecule has 0 saturated heterocycles. The van der Waals surface area contributed by atoms with Crippen LogP contribution < -0.4 is 5.73 Å². The number of alkyl halides is 3. The number of nitrogen functional groups attached to an aromatic ring is 1. The van der Waals surface area contributed by atoms with Gasteiger partial charge in [-0.15, -0.1) is 0 Å². The first kappa shape index (κ1) is 10.5. The Bertz CT molecular complexity index is 503. The summed E-state index contributed by atoms with van der Waals surface area (Å²) in [6, 6.07) is 2.17. The highest BCUT2D eigenvalue weighted by molar-refractivity contribution is 5.71. The van der Waals surface area contributed by atoms with Crippen molar-refractivity contribution in [3.05, 3.63) is 30.1 Å². The summed E-state index contributed by atoms with van der Waals surface area (Å²) < 4.78 is 38.0. The van der Waals surface area contributed by atoms with Crippen LogP contribution in [-0.4, -0.2) is 15.2 Å². The van der Waals surface area contributed by atoms with Gasteiger partial charge < -0.3 is 5.73 Å². The zero-order chi connectivity index (χ0) is 11.8. The smallest absolute Gasteiger partial charge is 0.396 e. The minimum Gasteiger partial charge on any atom is -0.396 e. The van der Waals surface area contributed by atoms with E-state index in [4.69, 9.17) is 5.73 Å². The summed E-state index contributed by atoms with van der Waals surface area (Å²) in [6.07, 6.45) is -1.96. The Hall–Kier alpha value is -2.05. The van der Waals surface area contributed by atoms with Crippen LogP contribution in [0.25, 0.3) is 11.4 Å². The van der Waals surface area contributed by atoms with E-state index in [9.17, 15) is 13.2 Å². The van der Waals surface area contributed by atoms with Gasteiger partial charge >= 0.3 is 6.18 Å². The van der Waals surface area contributed by atoms with Gasteiger partial charge in [0.25, 0.3) is 0 Å². The second-order valence-corrected chi connectivity index (χ2v) is 3.10. The number of hydrogen-bond donors (Lipinski definition) is 2. The maximum Gasteiger partial charge on any atom is 0.418 e. The number of nitrogens with zero attached hydrogens (tertiary/aromatic N) is 2. The van der Waals surface area contributed by atoms with Crippen LogP contribution in [0.15, 0.2) is 24.5 Å². The lowest BCUT2D eigenvalue weighted by molar-refractivity contribution is -0.137. The van der Waals surface area contributed by atoms with Gasteiger partial charge in [-0.2, -0.15) is 18.3 Å². The van der Waals surface area contributed by atoms with Crippen molar-refractivity contribution in [1.82, 2.24) is 15.2 Å². The zero-order valence-corrected chi connectivity index (χ0v) is 7.92. The molecule has 0 aliphatic carbocycles. The van der Waals surface area contributed by atoms with Crippen LogP contribution in [0.5, 0.6) is 0 Å². The SMILES string of the molecule is Nc1cn[nH]c1-c1ncccc1C(F)(F)F. The number of aromatic amines is 1. The minimum absolute atomic E-state index is 0.0768. The molecule has 0 atom stereocenters. The van der Waals surface area contributed by atoms with Crippen molar-refractivity contribution < 1.29 is 13.2 Å². The van der Waals surface area contributed by atoms with E-state index in [-0.39, 0.29) is 17.1 Å². The molecule has 0 aliphatic rings. The Morgan fingerprint density at radius 3 is 2.62 bits per heavy atom. The van der Waals surface area contributed by atoms with Crippen LogP contribution in [0.3, 0.4) is 0 Å². The lowest BCUT2D eigenvalue weighted by Crippen LogP contribution is -2.08. The molecule has 0 spiro atoms. The second kappa shape index (κ2) is 3.51. The summed E-state index contributed by atoms with van der Waals surface area (Å²) in [7, 11) is 0. The van der Waals surface area contributed by atoms with E-state index >= 15 is 0 Å². The number of aromatic nitrogens is 3. The van der Waals surface area contributed by atoms with Gasteiger partial charge in [-0.05, 0) is 12.1 Å². The van der Waals surface area contributed by atoms with Gasteiger partial charge in [0.05, 0.1) is 17.4 Å². The standard InChI is InChI=1S/C9H7F3N4/c10-9(11,12)5-2-1-3-14-7(5)8-6(13)4-15-16-8/h1-4H,13H2,(H,15,16). The predicted octanol–water partition coefficient (Wildman–Crippen LogP) is 2.07. The largest absolute Gasteiger partial charge is 0.418 e. The molecule has 2 aromatic rings. The number of anilines is 1. The molecule has 16 heavy (non-hydrogen) atoms. The fourth-order valence-electron chi connectivity index (χ4n) is 1.32. The molecule has 0 aromatic carbocycles. The highest BCUT2D eigenvalue weighted by Gasteiger charge is 2.35. The molecular weight excluding hydrogens is 221 g/mol. The lowest BCUT2D eigenvalue weighted by Gasteiger charge is -2.10. The molecule has 2 heterocycles. The van der Waals surface area contributed by atoms with Crippen molar-refractivity contribution in [2.75, 3.05) is 5.73 Å². The lowest BCUT2D eigenvalue weighted by atomic mass is 10.1. The first-order valence-electron chi connectivity index (χ1n) is 4.31. The van der Waals surface area contributed by atoms with Gasteiger partial charge in [0, 0.05) is 6.20 Å². The third kappa shape index (κ3) is 1.71. The summed E-state index contributed by atoms with van der Waals surface area (Å²) in [4.78, 5) is 3.68. The molecule has 0 saturated carbocycles. The molecule has 3 N–H and O–H groups in total. The topological polar surface area (TPSA) is 67.6 Å². The van der Waals surface area contributed by atoms with Crippen molar-refractivity contribution in [1.29, 1.82) is 0 Å². The molecule has 0 aliphatic heterocycles. The summed E-state index contributed by atoms with van der Waals surface area (Å²) >= 11 is 0. The number of rotatable bonds is 1. The van der Waals surface area contributed by atoms with E-state index in [0.29, 0.717) is 0 Å². The highest BCUT2D eigenvalue weighted by atomic mass is 19.4. The molecule has 0 bridgehead atoms. The molecule has 0 amide bonds. The number of nitrogens with one attached hydrogen (secondary N) is 1. The molecule has 0 radical (unpaired) electrons. The van der Waals surface area contributed by atoms with Crippen molar-refractivity contribution in [2.45, 2.75) is 6.18 Å². The number of H-pyrrole nitrogens is 1. The Kier molecular flexibility index (Phi) is 2.30. The van der Waals surface area contributed by atoms with E-state index in [1.54, 1.807) is 0 Å². The van der Waals surface area contributed by atoms with Crippen molar-refractivity contribution in [3.8, 4) is 11.4 Å². The average Bonchev–Trinajstić information content (AvgIpc) is 2.63. The molecule has 2 aromatic heterocycles. The van der Waals surface area contributed by atoms with Crippen LogP contribution in [0.4, 0.5) is 18.9 Å². The zero-order valence-electron chi connectivity index (χ0n) is 7.92. The van der Waals surface area contributed by atoms with E-state index in [1.165, 1.54) is 18.5 Å². The molecule has 0 unspecified atom stereocenters. The van der Waals surface area contributed by atoms with Gasteiger partial charge in [-0.1, -0.05) is 0 Å². The van der Waals surface area contributed by atoms with Gasteiger partial charge in [0.2, 0.25) is 0 Å². The van der Waals surface area contributed by atoms with E-state index in [2.05, 4.69) is 15.2 Å². The molecule has 84 valence electrons. The second-order valence-electron chi connectivity index (χ2n) is 3.10. The van der Waals surface area contributed by atoms with E-state index < -0.39 is 11.7 Å². The van der Waals surface area contributed by atoms with Gasteiger partial charge in [0.15, 0.2) is 0 Å². The predicted molar refractivity (Wildman–Crippen MR) is 51.2 cm³/mol. The fourth-order valence-corrected chi connectivity index (χ4v) is 1.32. The van der Waals surface area contributed by atoms with Crippen molar-refractivity contribution in [2.24, 2.45) is 0 Å². The van der Waals surface area contributed by atoms with Crippen LogP contribution in [0, 0.1) is 0 Å². The maximum atomic E-state index is 12.7. The first-order chi connectivity index (χ1) is 7.50. The van der Waals surface area contributed by atoms with Crippen LogP contribution >= 0.6 is 0 Å². The van der Waals surface area contributed by atoms with Crippen LogP contribution in [0.2, 0.25) is 0 Å². The molecule has 4 nitrogen and oxygen atoms in total. The fraction of sp³-hybridized carbons (Fsp3) is 0.111. The third-order valence-corrected chi connectivity index (χ3v) is 2.02. The van der Waals surface area contributed by atoms with Crippen molar-refractivity contribution in [3.63, 3.8) is 0 Å². The van der Waals surface area contributed by atoms with Gasteiger partial charge in [-0.25, -0.2) is 0 Å². The van der Waals surface area contributed by atoms with Crippen LogP contribution in [0.1, 0.15) is 5.56 Å². The normalized spacial score (nSPS) is 11.7. The van der Waals surface area contributed by atoms with Gasteiger partial charge in [0.1, 0.15) is 11.4 Å². The Labute approximate surface area is 88.3 Å². The first-order valence-corrected chi connectivity index (χ1v) is 4.31. The summed E-state index contributed by atoms with van der Waals surface area (Å²) in [5.41, 5.74) is 4.60. The molecule has 0 fully saturated rings. The Morgan fingerprint density at radius 1 is 1.31 bits per heavy atom.